The summed E-state index contributed by atoms with van der Waals surface area (Å²) in [6.45, 7) is 6.48. The molecular formula is C21H21N3OS. The number of nitrogens with zero attached hydrogens (tertiary/aromatic N) is 1. The lowest BCUT2D eigenvalue weighted by Crippen LogP contribution is -2.28. The van der Waals surface area contributed by atoms with E-state index in [1.807, 2.05) is 48.5 Å². The quantitative estimate of drug-likeness (QED) is 0.739. The average molecular weight is 363 g/mol. The van der Waals surface area contributed by atoms with E-state index in [2.05, 4.69) is 26.1 Å². The maximum atomic E-state index is 12.6. The summed E-state index contributed by atoms with van der Waals surface area (Å²) in [7, 11) is 0. The number of amidine groups is 1. The molecule has 4 rings (SSSR count). The highest BCUT2D eigenvalue weighted by Gasteiger charge is 2.36. The van der Waals surface area contributed by atoms with Crippen LogP contribution in [0.4, 0.5) is 11.4 Å². The largest absolute Gasteiger partial charge is 0.349 e. The predicted molar refractivity (Wildman–Crippen MR) is 108 cm³/mol. The van der Waals surface area contributed by atoms with Crippen LogP contribution in [-0.4, -0.2) is 11.7 Å². The third kappa shape index (κ3) is 2.82. The second-order valence-electron chi connectivity index (χ2n) is 7.58. The van der Waals surface area contributed by atoms with Crippen molar-refractivity contribution in [1.29, 1.82) is 5.41 Å². The number of carbonyl (C=O) groups is 1. The molecule has 0 spiro atoms. The molecule has 2 aromatic carbocycles. The fraction of sp³-hybridized carbons (Fsp3) is 0.238. The number of anilines is 2. The van der Waals surface area contributed by atoms with E-state index in [1.54, 1.807) is 11.8 Å². The number of carbonyl (C=O) groups excluding carboxylic acids is 1. The van der Waals surface area contributed by atoms with Crippen molar-refractivity contribution in [3.63, 3.8) is 0 Å². The Morgan fingerprint density at radius 3 is 2.42 bits per heavy atom. The average Bonchev–Trinajstić information content (AvgIpc) is 3.15. The zero-order chi connectivity index (χ0) is 18.5. The minimum absolute atomic E-state index is 0.0561. The Kier molecular flexibility index (Phi) is 3.92. The lowest BCUT2D eigenvalue weighted by atomic mass is 9.87. The molecular weight excluding hydrogens is 342 g/mol. The maximum Gasteiger partial charge on any atom is 0.237 e. The van der Waals surface area contributed by atoms with E-state index in [0.717, 1.165) is 26.9 Å². The predicted octanol–water partition coefficient (Wildman–Crippen LogP) is 5.13. The first-order valence-electron chi connectivity index (χ1n) is 8.64. The van der Waals surface area contributed by atoms with Crippen molar-refractivity contribution in [3.05, 3.63) is 64.7 Å². The van der Waals surface area contributed by atoms with Crippen molar-refractivity contribution in [3.8, 4) is 0 Å². The molecule has 1 saturated heterocycles. The van der Waals surface area contributed by atoms with Crippen LogP contribution in [0.1, 0.15) is 32.8 Å². The van der Waals surface area contributed by atoms with Gasteiger partial charge in [0.1, 0.15) is 5.84 Å². The van der Waals surface area contributed by atoms with Gasteiger partial charge < -0.3 is 5.32 Å². The van der Waals surface area contributed by atoms with Crippen molar-refractivity contribution in [2.75, 3.05) is 10.2 Å². The van der Waals surface area contributed by atoms with E-state index in [4.69, 9.17) is 5.41 Å². The van der Waals surface area contributed by atoms with Gasteiger partial charge in [-0.3, -0.25) is 15.1 Å². The van der Waals surface area contributed by atoms with Gasteiger partial charge in [-0.2, -0.15) is 0 Å². The van der Waals surface area contributed by atoms with E-state index in [-0.39, 0.29) is 23.6 Å². The number of thioether (sulfide) groups is 1. The zero-order valence-corrected chi connectivity index (χ0v) is 15.9. The van der Waals surface area contributed by atoms with Crippen LogP contribution in [0.3, 0.4) is 0 Å². The van der Waals surface area contributed by atoms with Gasteiger partial charge in [-0.15, -0.1) is 0 Å². The van der Waals surface area contributed by atoms with Crippen molar-refractivity contribution in [1.82, 2.24) is 0 Å². The first kappa shape index (κ1) is 16.9. The second kappa shape index (κ2) is 6.02. The first-order valence-corrected chi connectivity index (χ1v) is 9.46. The molecule has 2 aromatic rings. The molecule has 26 heavy (non-hydrogen) atoms. The third-order valence-corrected chi connectivity index (χ3v) is 5.83. The van der Waals surface area contributed by atoms with Crippen LogP contribution in [-0.2, 0) is 10.2 Å². The Morgan fingerprint density at radius 1 is 1.08 bits per heavy atom. The number of hydrogen-bond acceptors (Lipinski definition) is 4. The molecule has 0 radical (unpaired) electrons. The van der Waals surface area contributed by atoms with Gasteiger partial charge in [0.2, 0.25) is 5.91 Å². The summed E-state index contributed by atoms with van der Waals surface area (Å²) in [4.78, 5) is 15.3. The van der Waals surface area contributed by atoms with E-state index in [1.165, 1.54) is 10.5 Å². The summed E-state index contributed by atoms with van der Waals surface area (Å²) in [6.07, 6.45) is 0.253. The molecule has 132 valence electrons. The topological polar surface area (TPSA) is 56.2 Å². The van der Waals surface area contributed by atoms with Crippen LogP contribution in [0.5, 0.6) is 0 Å². The van der Waals surface area contributed by atoms with E-state index in [0.29, 0.717) is 0 Å². The smallest absolute Gasteiger partial charge is 0.237 e. The Morgan fingerprint density at radius 2 is 1.77 bits per heavy atom. The molecule has 5 heteroatoms. The minimum Gasteiger partial charge on any atom is -0.349 e. The van der Waals surface area contributed by atoms with Crippen LogP contribution in [0, 0.1) is 5.41 Å². The third-order valence-electron chi connectivity index (χ3n) is 4.70. The summed E-state index contributed by atoms with van der Waals surface area (Å²) in [5.74, 6) is 0.209. The number of hydrogen-bond donors (Lipinski definition) is 2. The molecule has 0 bridgehead atoms. The fourth-order valence-corrected chi connectivity index (χ4v) is 4.25. The number of para-hydroxylation sites is 1. The molecule has 0 saturated carbocycles. The molecule has 4 nitrogen and oxygen atoms in total. The Bertz CT molecular complexity index is 911. The molecule has 1 amide bonds. The first-order chi connectivity index (χ1) is 12.3. The van der Waals surface area contributed by atoms with Gasteiger partial charge in [0, 0.05) is 10.5 Å². The molecule has 0 aliphatic carbocycles. The monoisotopic (exact) mass is 363 g/mol. The van der Waals surface area contributed by atoms with Crippen molar-refractivity contribution in [2.24, 2.45) is 0 Å². The highest BCUT2D eigenvalue weighted by molar-refractivity contribution is 8.03. The van der Waals surface area contributed by atoms with Crippen LogP contribution in [0.2, 0.25) is 0 Å². The van der Waals surface area contributed by atoms with E-state index in [9.17, 15) is 4.79 Å². The van der Waals surface area contributed by atoms with E-state index >= 15 is 0 Å². The molecule has 2 heterocycles. The SMILES string of the molecule is CC(C)(C)c1ccc(N2C(=N)/C(=C3\Nc4ccccc4S3)CC2=O)cc1. The number of rotatable bonds is 1. The van der Waals surface area contributed by atoms with E-state index < -0.39 is 0 Å². The Balaban J connectivity index is 1.64. The molecule has 1 fully saturated rings. The standard InChI is InChI=1S/C21H21N3OS/c1-21(2,3)13-8-10-14(11-9-13)24-18(25)12-15(19(24)22)20-23-16-6-4-5-7-17(16)26-20/h4-11,22-23H,12H2,1-3H3/b20-15+,22-19?. The fourth-order valence-electron chi connectivity index (χ4n) is 3.20. The van der Waals surface area contributed by atoms with Crippen LogP contribution in [0.15, 0.2) is 64.0 Å². The lowest BCUT2D eigenvalue weighted by molar-refractivity contribution is -0.116. The van der Waals surface area contributed by atoms with Gasteiger partial charge >= 0.3 is 0 Å². The number of amides is 1. The summed E-state index contributed by atoms with van der Waals surface area (Å²) >= 11 is 1.59. The van der Waals surface area contributed by atoms with Crippen molar-refractivity contribution < 1.29 is 4.79 Å². The minimum atomic E-state index is -0.0561. The van der Waals surface area contributed by atoms with Crippen molar-refractivity contribution in [2.45, 2.75) is 37.5 Å². The van der Waals surface area contributed by atoms with Crippen LogP contribution < -0.4 is 10.2 Å². The second-order valence-corrected chi connectivity index (χ2v) is 8.63. The summed E-state index contributed by atoms with van der Waals surface area (Å²) < 4.78 is 0. The Labute approximate surface area is 157 Å². The number of benzene rings is 2. The van der Waals surface area contributed by atoms with Crippen molar-refractivity contribution >= 4 is 34.9 Å². The molecule has 0 aromatic heterocycles. The van der Waals surface area contributed by atoms with Crippen LogP contribution in [0.25, 0.3) is 0 Å². The normalized spacial score (nSPS) is 19.7. The molecule has 2 aliphatic rings. The lowest BCUT2D eigenvalue weighted by Gasteiger charge is -2.21. The number of nitrogens with one attached hydrogen (secondary N) is 2. The molecule has 0 atom stereocenters. The summed E-state index contributed by atoms with van der Waals surface area (Å²) in [6, 6.07) is 16.0. The Hall–Kier alpha value is -2.53. The molecule has 0 unspecified atom stereocenters. The van der Waals surface area contributed by atoms with Gasteiger partial charge in [0.25, 0.3) is 0 Å². The molecule has 2 aliphatic heterocycles. The maximum absolute atomic E-state index is 12.6. The van der Waals surface area contributed by atoms with Gasteiger partial charge in [-0.25, -0.2) is 0 Å². The highest BCUT2D eigenvalue weighted by atomic mass is 32.2. The molecule has 2 N–H and O–H groups in total. The van der Waals surface area contributed by atoms with Gasteiger partial charge in [-0.05, 0) is 35.2 Å². The summed E-state index contributed by atoms with van der Waals surface area (Å²) in [5.41, 5.74) is 3.82. The van der Waals surface area contributed by atoms with Crippen LogP contribution >= 0.6 is 11.8 Å². The van der Waals surface area contributed by atoms with Gasteiger partial charge in [0.15, 0.2) is 0 Å². The summed E-state index contributed by atoms with van der Waals surface area (Å²) in [5, 5.41) is 12.8. The van der Waals surface area contributed by atoms with Gasteiger partial charge in [0.05, 0.1) is 22.8 Å². The van der Waals surface area contributed by atoms with Gasteiger partial charge in [-0.1, -0.05) is 56.8 Å². The highest BCUT2D eigenvalue weighted by Crippen LogP contribution is 2.44. The zero-order valence-electron chi connectivity index (χ0n) is 15.1. The number of fused-ring (bicyclic) bond motifs is 1.